The summed E-state index contributed by atoms with van der Waals surface area (Å²) in [4.78, 5) is 16.8. The maximum atomic E-state index is 12.3. The zero-order chi connectivity index (χ0) is 16.4. The third-order valence-electron chi connectivity index (χ3n) is 5.51. The molecule has 0 aromatic rings. The quantitative estimate of drug-likeness (QED) is 0.720. The van der Waals surface area contributed by atoms with E-state index < -0.39 is 6.16 Å². The Morgan fingerprint density at radius 3 is 1.58 bits per heavy atom. The zero-order valence-electron chi connectivity index (χ0n) is 14.2. The Bertz CT molecular complexity index is 399. The van der Waals surface area contributed by atoms with Gasteiger partial charge in [0.1, 0.15) is 24.7 Å². The molecule has 4 atom stereocenters. The number of nitrogens with zero attached hydrogens (tertiary/aromatic N) is 2. The van der Waals surface area contributed by atoms with E-state index in [0.717, 1.165) is 39.0 Å². The van der Waals surface area contributed by atoms with E-state index in [9.17, 15) is 4.79 Å². The highest BCUT2D eigenvalue weighted by molar-refractivity contribution is 5.60. The van der Waals surface area contributed by atoms with Crippen LogP contribution in [0, 0.1) is 0 Å². The Labute approximate surface area is 143 Å². The molecule has 0 aromatic carbocycles. The molecule has 4 aliphatic heterocycles. The lowest BCUT2D eigenvalue weighted by atomic mass is 10.2. The van der Waals surface area contributed by atoms with Gasteiger partial charge in [0.15, 0.2) is 0 Å². The molecule has 4 fully saturated rings. The molecular formula is C17H28N2O5. The summed E-state index contributed by atoms with van der Waals surface area (Å²) < 4.78 is 22.8. The minimum atomic E-state index is -0.575. The van der Waals surface area contributed by atoms with Gasteiger partial charge in [-0.25, -0.2) is 4.79 Å². The van der Waals surface area contributed by atoms with Crippen molar-refractivity contribution >= 4 is 6.16 Å². The van der Waals surface area contributed by atoms with Crippen LogP contribution in [-0.4, -0.2) is 80.0 Å². The SMILES string of the molecule is O=C(OC1CCOC1N1CCCC1)OC1CCOC1N1CCCC1. The number of rotatable bonds is 4. The molecule has 0 radical (unpaired) electrons. The summed E-state index contributed by atoms with van der Waals surface area (Å²) in [5.41, 5.74) is 0. The predicted molar refractivity (Wildman–Crippen MR) is 85.5 cm³/mol. The minimum Gasteiger partial charge on any atom is -0.427 e. The van der Waals surface area contributed by atoms with Gasteiger partial charge < -0.3 is 18.9 Å². The summed E-state index contributed by atoms with van der Waals surface area (Å²) in [5.74, 6) is 0. The van der Waals surface area contributed by atoms with E-state index in [1.165, 1.54) is 25.7 Å². The van der Waals surface area contributed by atoms with Crippen LogP contribution in [0.5, 0.6) is 0 Å². The normalized spacial score (nSPS) is 38.0. The highest BCUT2D eigenvalue weighted by Crippen LogP contribution is 2.27. The molecular weight excluding hydrogens is 312 g/mol. The van der Waals surface area contributed by atoms with Gasteiger partial charge in [0.05, 0.1) is 13.2 Å². The van der Waals surface area contributed by atoms with Crippen LogP contribution in [-0.2, 0) is 18.9 Å². The van der Waals surface area contributed by atoms with Crippen LogP contribution in [0.4, 0.5) is 4.79 Å². The lowest BCUT2D eigenvalue weighted by molar-refractivity contribution is -0.100. The summed E-state index contributed by atoms with van der Waals surface area (Å²) in [5, 5.41) is 0. The van der Waals surface area contributed by atoms with E-state index in [2.05, 4.69) is 9.80 Å². The third-order valence-corrected chi connectivity index (χ3v) is 5.51. The fraction of sp³-hybridized carbons (Fsp3) is 0.941. The van der Waals surface area contributed by atoms with Gasteiger partial charge in [-0.05, 0) is 25.7 Å². The minimum absolute atomic E-state index is 0.103. The first-order valence-electron chi connectivity index (χ1n) is 9.40. The van der Waals surface area contributed by atoms with Crippen LogP contribution in [0.15, 0.2) is 0 Å². The molecule has 0 saturated carbocycles. The lowest BCUT2D eigenvalue weighted by Crippen LogP contribution is -2.44. The largest absolute Gasteiger partial charge is 0.509 e. The first-order chi connectivity index (χ1) is 11.8. The van der Waals surface area contributed by atoms with Gasteiger partial charge in [-0.2, -0.15) is 0 Å². The Balaban J connectivity index is 1.29. The molecule has 136 valence electrons. The molecule has 24 heavy (non-hydrogen) atoms. The highest BCUT2D eigenvalue weighted by Gasteiger charge is 2.40. The highest BCUT2D eigenvalue weighted by atomic mass is 16.7. The van der Waals surface area contributed by atoms with Crippen LogP contribution in [0.2, 0.25) is 0 Å². The molecule has 0 amide bonds. The zero-order valence-corrected chi connectivity index (χ0v) is 14.2. The predicted octanol–water partition coefficient (Wildman–Crippen LogP) is 1.56. The molecule has 4 aliphatic rings. The molecule has 0 aromatic heterocycles. The number of likely N-dealkylation sites (tertiary alicyclic amines) is 2. The van der Waals surface area contributed by atoms with Crippen LogP contribution in [0.1, 0.15) is 38.5 Å². The van der Waals surface area contributed by atoms with E-state index in [1.807, 2.05) is 0 Å². The van der Waals surface area contributed by atoms with E-state index >= 15 is 0 Å². The second kappa shape index (κ2) is 7.56. The van der Waals surface area contributed by atoms with Crippen LogP contribution in [0.3, 0.4) is 0 Å². The van der Waals surface area contributed by atoms with Crippen molar-refractivity contribution < 1.29 is 23.7 Å². The first-order valence-corrected chi connectivity index (χ1v) is 9.40. The van der Waals surface area contributed by atoms with Crippen LogP contribution in [0.25, 0.3) is 0 Å². The number of hydrogen-bond donors (Lipinski definition) is 0. The van der Waals surface area contributed by atoms with Crippen molar-refractivity contribution in [2.75, 3.05) is 39.4 Å². The van der Waals surface area contributed by atoms with Crippen molar-refractivity contribution in [2.45, 2.75) is 63.2 Å². The van der Waals surface area contributed by atoms with Gasteiger partial charge in [-0.15, -0.1) is 0 Å². The summed E-state index contributed by atoms with van der Waals surface area (Å²) in [6, 6.07) is 0. The topological polar surface area (TPSA) is 60.5 Å². The van der Waals surface area contributed by atoms with E-state index in [4.69, 9.17) is 18.9 Å². The number of carbonyl (C=O) groups is 1. The van der Waals surface area contributed by atoms with Crippen LogP contribution >= 0.6 is 0 Å². The van der Waals surface area contributed by atoms with Crippen molar-refractivity contribution in [1.82, 2.24) is 9.80 Å². The maximum Gasteiger partial charge on any atom is 0.509 e. The molecule has 0 spiro atoms. The Kier molecular flexibility index (Phi) is 5.22. The van der Waals surface area contributed by atoms with Gasteiger partial charge in [-0.1, -0.05) is 0 Å². The molecule has 0 bridgehead atoms. The van der Waals surface area contributed by atoms with E-state index in [1.54, 1.807) is 0 Å². The summed E-state index contributed by atoms with van der Waals surface area (Å²) >= 11 is 0. The fourth-order valence-corrected chi connectivity index (χ4v) is 4.29. The maximum absolute atomic E-state index is 12.3. The lowest BCUT2D eigenvalue weighted by Gasteiger charge is -2.29. The summed E-state index contributed by atoms with van der Waals surface area (Å²) in [7, 11) is 0. The van der Waals surface area contributed by atoms with Crippen molar-refractivity contribution in [1.29, 1.82) is 0 Å². The molecule has 4 saturated heterocycles. The van der Waals surface area contributed by atoms with Gasteiger partial charge in [0.2, 0.25) is 0 Å². The van der Waals surface area contributed by atoms with Crippen molar-refractivity contribution in [3.05, 3.63) is 0 Å². The van der Waals surface area contributed by atoms with Crippen molar-refractivity contribution in [2.24, 2.45) is 0 Å². The molecule has 0 N–H and O–H groups in total. The number of ether oxygens (including phenoxy) is 4. The van der Waals surface area contributed by atoms with Crippen LogP contribution < -0.4 is 0 Å². The van der Waals surface area contributed by atoms with Gasteiger partial charge in [-0.3, -0.25) is 9.80 Å². The second-order valence-electron chi connectivity index (χ2n) is 7.15. The number of hydrogen-bond acceptors (Lipinski definition) is 7. The van der Waals surface area contributed by atoms with Crippen molar-refractivity contribution in [3.8, 4) is 0 Å². The average Bonchev–Trinajstić information content (AvgIpc) is 3.35. The molecule has 4 unspecified atom stereocenters. The average molecular weight is 340 g/mol. The van der Waals surface area contributed by atoms with Gasteiger partial charge in [0, 0.05) is 39.0 Å². The molecule has 4 rings (SSSR count). The Morgan fingerprint density at radius 1 is 0.750 bits per heavy atom. The fourth-order valence-electron chi connectivity index (χ4n) is 4.29. The monoisotopic (exact) mass is 340 g/mol. The van der Waals surface area contributed by atoms with E-state index in [0.29, 0.717) is 13.2 Å². The number of carbonyl (C=O) groups excluding carboxylic acids is 1. The molecule has 4 heterocycles. The van der Waals surface area contributed by atoms with Gasteiger partial charge in [0.25, 0.3) is 0 Å². The standard InChI is InChI=1S/C17H28N2O5/c20-17(23-13-5-11-21-15(13)18-7-1-2-8-18)24-14-6-12-22-16(14)19-9-3-4-10-19/h13-16H,1-12H2. The molecule has 7 heteroatoms. The Morgan fingerprint density at radius 2 is 1.17 bits per heavy atom. The second-order valence-corrected chi connectivity index (χ2v) is 7.15. The Hall–Kier alpha value is -0.890. The summed E-state index contributed by atoms with van der Waals surface area (Å²) in [6.07, 6.45) is 5.02. The first kappa shape index (κ1) is 16.6. The van der Waals surface area contributed by atoms with E-state index in [-0.39, 0.29) is 24.7 Å². The molecule has 7 nitrogen and oxygen atoms in total. The van der Waals surface area contributed by atoms with Gasteiger partial charge >= 0.3 is 6.16 Å². The molecule has 0 aliphatic carbocycles. The summed E-state index contributed by atoms with van der Waals surface area (Å²) in [6.45, 7) is 5.37. The third kappa shape index (κ3) is 3.54. The van der Waals surface area contributed by atoms with Crippen molar-refractivity contribution in [3.63, 3.8) is 0 Å². The smallest absolute Gasteiger partial charge is 0.427 e.